The molecule has 3 aromatic rings. The average Bonchev–Trinajstić information content (AvgIpc) is 2.90. The van der Waals surface area contributed by atoms with Crippen LogP contribution in [0.5, 0.6) is 0 Å². The van der Waals surface area contributed by atoms with Gasteiger partial charge in [-0.1, -0.05) is 62.2 Å². The molecule has 136 valence electrons. The number of nitrogens with zero attached hydrogens (tertiary/aromatic N) is 2. The number of aryl methyl sites for hydroxylation is 4. The molecule has 0 aliphatic rings. The van der Waals surface area contributed by atoms with Crippen LogP contribution >= 0.6 is 0 Å². The Kier molecular flexibility index (Phi) is 5.31. The molecule has 0 bridgehead atoms. The van der Waals surface area contributed by atoms with Crippen LogP contribution in [0.15, 0.2) is 36.4 Å². The summed E-state index contributed by atoms with van der Waals surface area (Å²) in [5, 5.41) is 6.22. The van der Waals surface area contributed by atoms with Crippen molar-refractivity contribution < 1.29 is 0 Å². The fourth-order valence-electron chi connectivity index (χ4n) is 4.24. The number of allylic oxidation sites excluding steroid dienone is 2. The van der Waals surface area contributed by atoms with Crippen LogP contribution in [0.3, 0.4) is 0 Å². The van der Waals surface area contributed by atoms with E-state index < -0.39 is 0 Å². The molecule has 1 heterocycles. The molecule has 2 aromatic carbocycles. The van der Waals surface area contributed by atoms with Crippen LogP contribution in [-0.2, 0) is 7.05 Å². The molecule has 0 aliphatic carbocycles. The summed E-state index contributed by atoms with van der Waals surface area (Å²) in [6.07, 6.45) is 5.65. The van der Waals surface area contributed by atoms with Crippen molar-refractivity contribution in [2.45, 2.75) is 53.9 Å². The van der Waals surface area contributed by atoms with Crippen LogP contribution in [0.1, 0.15) is 55.5 Å². The molecule has 0 saturated carbocycles. The molecule has 0 aliphatic heterocycles. The van der Waals surface area contributed by atoms with Gasteiger partial charge in [0.1, 0.15) is 5.52 Å². The minimum Gasteiger partial charge on any atom is -0.267 e. The zero-order chi connectivity index (χ0) is 18.8. The molecule has 2 heteroatoms. The minimum absolute atomic E-state index is 1.05. The van der Waals surface area contributed by atoms with Gasteiger partial charge in [0.2, 0.25) is 0 Å². The lowest BCUT2D eigenvalue weighted by Crippen LogP contribution is -1.98. The molecule has 2 nitrogen and oxygen atoms in total. The van der Waals surface area contributed by atoms with E-state index in [0.717, 1.165) is 24.8 Å². The van der Waals surface area contributed by atoms with Gasteiger partial charge in [0.15, 0.2) is 0 Å². The van der Waals surface area contributed by atoms with Crippen molar-refractivity contribution in [3.63, 3.8) is 0 Å². The summed E-state index contributed by atoms with van der Waals surface area (Å²) in [4.78, 5) is 0. The molecular formula is C24H30N2. The van der Waals surface area contributed by atoms with Crippen LogP contribution in [0.25, 0.3) is 27.6 Å². The van der Waals surface area contributed by atoms with Gasteiger partial charge in [0.05, 0.1) is 5.69 Å². The van der Waals surface area contributed by atoms with Gasteiger partial charge in [0.25, 0.3) is 0 Å². The smallest absolute Gasteiger partial charge is 0.101 e. The Bertz CT molecular complexity index is 950. The van der Waals surface area contributed by atoms with E-state index in [1.807, 2.05) is 0 Å². The molecule has 1 aromatic heterocycles. The molecule has 0 radical (unpaired) electrons. The third-order valence-corrected chi connectivity index (χ3v) is 5.09. The summed E-state index contributed by atoms with van der Waals surface area (Å²) in [6, 6.07) is 11.2. The lowest BCUT2D eigenvalue weighted by atomic mass is 9.92. The third kappa shape index (κ3) is 3.21. The average molecular weight is 347 g/mol. The first-order valence-corrected chi connectivity index (χ1v) is 9.71. The highest BCUT2D eigenvalue weighted by Crippen LogP contribution is 2.36. The molecule has 0 saturated heterocycles. The molecule has 3 rings (SSSR count). The maximum atomic E-state index is 4.96. The Morgan fingerprint density at radius 1 is 1.08 bits per heavy atom. The van der Waals surface area contributed by atoms with Crippen LogP contribution in [0, 0.1) is 20.8 Å². The molecule has 0 spiro atoms. The van der Waals surface area contributed by atoms with Crippen LogP contribution < -0.4 is 0 Å². The third-order valence-electron chi connectivity index (χ3n) is 5.09. The topological polar surface area (TPSA) is 17.8 Å². The van der Waals surface area contributed by atoms with E-state index in [1.54, 1.807) is 0 Å². The summed E-state index contributed by atoms with van der Waals surface area (Å²) < 4.78 is 2.07. The van der Waals surface area contributed by atoms with Crippen LogP contribution in [-0.4, -0.2) is 9.78 Å². The fraction of sp³-hybridized carbons (Fsp3) is 0.375. The Morgan fingerprint density at radius 3 is 2.38 bits per heavy atom. The maximum absolute atomic E-state index is 4.96. The largest absolute Gasteiger partial charge is 0.267 e. The summed E-state index contributed by atoms with van der Waals surface area (Å²) in [5.74, 6) is 0. The van der Waals surface area contributed by atoms with E-state index in [4.69, 9.17) is 5.10 Å². The summed E-state index contributed by atoms with van der Waals surface area (Å²) in [5.41, 5.74) is 10.3. The highest BCUT2D eigenvalue weighted by atomic mass is 15.3. The van der Waals surface area contributed by atoms with E-state index in [1.165, 1.54) is 44.5 Å². The fourth-order valence-corrected chi connectivity index (χ4v) is 4.24. The van der Waals surface area contributed by atoms with Gasteiger partial charge in [-0.2, -0.15) is 5.10 Å². The highest BCUT2D eigenvalue weighted by molar-refractivity contribution is 6.00. The van der Waals surface area contributed by atoms with E-state index in [9.17, 15) is 0 Å². The number of benzene rings is 2. The van der Waals surface area contributed by atoms with Crippen molar-refractivity contribution in [3.8, 4) is 11.1 Å². The Labute approximate surface area is 157 Å². The van der Waals surface area contributed by atoms with Gasteiger partial charge in [-0.3, -0.25) is 4.68 Å². The second kappa shape index (κ2) is 7.49. The second-order valence-corrected chi connectivity index (χ2v) is 7.34. The Hall–Kier alpha value is -2.35. The first kappa shape index (κ1) is 18.4. The van der Waals surface area contributed by atoms with E-state index in [0.29, 0.717) is 0 Å². The summed E-state index contributed by atoms with van der Waals surface area (Å²) in [6.45, 7) is 11.0. The number of aromatic nitrogens is 2. The SMILES string of the molecule is CCC=C(CCC)c1c2cccc(-c3c(C)cc(C)cc3C)c2nn1C. The van der Waals surface area contributed by atoms with E-state index in [2.05, 4.69) is 82.8 Å². The van der Waals surface area contributed by atoms with Gasteiger partial charge in [-0.15, -0.1) is 0 Å². The molecule has 0 N–H and O–H groups in total. The van der Waals surface area contributed by atoms with Crippen molar-refractivity contribution in [2.75, 3.05) is 0 Å². The monoisotopic (exact) mass is 346 g/mol. The van der Waals surface area contributed by atoms with E-state index >= 15 is 0 Å². The zero-order valence-electron chi connectivity index (χ0n) is 17.0. The van der Waals surface area contributed by atoms with Crippen LogP contribution in [0.2, 0.25) is 0 Å². The number of rotatable bonds is 5. The van der Waals surface area contributed by atoms with Crippen LogP contribution in [0.4, 0.5) is 0 Å². The first-order chi connectivity index (χ1) is 12.5. The van der Waals surface area contributed by atoms with E-state index in [-0.39, 0.29) is 0 Å². The summed E-state index contributed by atoms with van der Waals surface area (Å²) in [7, 11) is 2.08. The molecule has 0 unspecified atom stereocenters. The van der Waals surface area contributed by atoms with Crippen molar-refractivity contribution in [3.05, 3.63) is 58.8 Å². The zero-order valence-corrected chi connectivity index (χ0v) is 17.0. The highest BCUT2D eigenvalue weighted by Gasteiger charge is 2.17. The minimum atomic E-state index is 1.05. The number of hydrogen-bond donors (Lipinski definition) is 0. The Morgan fingerprint density at radius 2 is 1.77 bits per heavy atom. The van der Waals surface area contributed by atoms with Gasteiger partial charge in [-0.25, -0.2) is 0 Å². The molecule has 0 fully saturated rings. The summed E-state index contributed by atoms with van der Waals surface area (Å²) >= 11 is 0. The van der Waals surface area contributed by atoms with Crippen molar-refractivity contribution >= 4 is 16.5 Å². The number of fused-ring (bicyclic) bond motifs is 1. The predicted octanol–water partition coefficient (Wildman–Crippen LogP) is 6.76. The number of hydrogen-bond acceptors (Lipinski definition) is 1. The Balaban J connectivity index is 2.29. The van der Waals surface area contributed by atoms with Gasteiger partial charge >= 0.3 is 0 Å². The van der Waals surface area contributed by atoms with Crippen molar-refractivity contribution in [1.29, 1.82) is 0 Å². The molecule has 0 amide bonds. The molecule has 0 atom stereocenters. The van der Waals surface area contributed by atoms with Gasteiger partial charge in [-0.05, 0) is 55.9 Å². The molecule has 26 heavy (non-hydrogen) atoms. The lowest BCUT2D eigenvalue weighted by molar-refractivity contribution is 0.760. The van der Waals surface area contributed by atoms with Gasteiger partial charge < -0.3 is 0 Å². The molecular weight excluding hydrogens is 316 g/mol. The van der Waals surface area contributed by atoms with Gasteiger partial charge in [0, 0.05) is 18.0 Å². The quantitative estimate of drug-likeness (QED) is 0.499. The van der Waals surface area contributed by atoms with Crippen molar-refractivity contribution in [1.82, 2.24) is 9.78 Å². The lowest BCUT2D eigenvalue weighted by Gasteiger charge is -2.12. The standard InChI is InChI=1S/C24H30N2/c1-7-10-19(11-8-2)24-21-13-9-12-20(23(21)25-26(24)6)22-17(4)14-16(3)15-18(22)5/h9-10,12-15H,7-8,11H2,1-6H3. The predicted molar refractivity (Wildman–Crippen MR) is 114 cm³/mol. The van der Waals surface area contributed by atoms with Crippen molar-refractivity contribution in [2.24, 2.45) is 7.05 Å². The second-order valence-electron chi connectivity index (χ2n) is 7.34. The first-order valence-electron chi connectivity index (χ1n) is 9.71. The maximum Gasteiger partial charge on any atom is 0.101 e. The normalized spacial score (nSPS) is 12.2.